The Morgan fingerprint density at radius 1 is 1.29 bits per heavy atom. The predicted molar refractivity (Wildman–Crippen MR) is 52.5 cm³/mol. The number of nitrogen functional groups attached to an aromatic ring is 1. The lowest BCUT2D eigenvalue weighted by Gasteiger charge is -2.02. The molecule has 0 unspecified atom stereocenters. The van der Waals surface area contributed by atoms with Gasteiger partial charge >= 0.3 is 0 Å². The number of tetrazole rings is 1. The minimum atomic E-state index is 0.680. The minimum absolute atomic E-state index is 0.680. The van der Waals surface area contributed by atoms with E-state index in [2.05, 4.69) is 15.5 Å². The van der Waals surface area contributed by atoms with Gasteiger partial charge < -0.3 is 5.73 Å². The molecule has 0 aliphatic heterocycles. The fourth-order valence-corrected chi connectivity index (χ4v) is 1.19. The van der Waals surface area contributed by atoms with Crippen LogP contribution in [-0.4, -0.2) is 20.2 Å². The third-order valence-corrected chi connectivity index (χ3v) is 2.02. The molecule has 2 rings (SSSR count). The van der Waals surface area contributed by atoms with E-state index in [0.29, 0.717) is 6.54 Å². The van der Waals surface area contributed by atoms with Crippen LogP contribution in [0.2, 0.25) is 0 Å². The van der Waals surface area contributed by atoms with E-state index >= 15 is 0 Å². The summed E-state index contributed by atoms with van der Waals surface area (Å²) < 4.78 is 1.74. The molecule has 0 spiro atoms. The highest BCUT2D eigenvalue weighted by molar-refractivity contribution is 5.39. The van der Waals surface area contributed by atoms with Crippen LogP contribution in [0, 0.1) is 6.92 Å². The molecule has 0 bridgehead atoms. The van der Waals surface area contributed by atoms with Crippen molar-refractivity contribution in [3.8, 4) is 0 Å². The Labute approximate surface area is 81.5 Å². The first-order valence-corrected chi connectivity index (χ1v) is 4.33. The van der Waals surface area contributed by atoms with Crippen LogP contribution in [0.1, 0.15) is 11.4 Å². The summed E-state index contributed by atoms with van der Waals surface area (Å²) in [4.78, 5) is 0. The van der Waals surface area contributed by atoms with Crippen molar-refractivity contribution in [3.05, 3.63) is 35.7 Å². The molecule has 1 heterocycles. The molecule has 0 radical (unpaired) electrons. The van der Waals surface area contributed by atoms with Crippen LogP contribution in [-0.2, 0) is 6.54 Å². The van der Waals surface area contributed by atoms with Gasteiger partial charge in [0, 0.05) is 5.69 Å². The average molecular weight is 189 g/mol. The van der Waals surface area contributed by atoms with Gasteiger partial charge in [0.25, 0.3) is 0 Å². The van der Waals surface area contributed by atoms with E-state index < -0.39 is 0 Å². The average Bonchev–Trinajstić information content (AvgIpc) is 2.56. The van der Waals surface area contributed by atoms with Crippen molar-refractivity contribution in [2.45, 2.75) is 13.5 Å². The highest BCUT2D eigenvalue weighted by Gasteiger charge is 2.00. The van der Waals surface area contributed by atoms with E-state index in [1.54, 1.807) is 4.68 Å². The number of hydrogen-bond acceptors (Lipinski definition) is 4. The number of nitrogens with two attached hydrogens (primary N) is 1. The summed E-state index contributed by atoms with van der Waals surface area (Å²) in [5.74, 6) is 0.807. The van der Waals surface area contributed by atoms with Gasteiger partial charge in [-0.15, -0.1) is 5.10 Å². The smallest absolute Gasteiger partial charge is 0.148 e. The topological polar surface area (TPSA) is 69.6 Å². The van der Waals surface area contributed by atoms with Crippen molar-refractivity contribution in [3.63, 3.8) is 0 Å². The standard InChI is InChI=1S/C9H11N5/c1-7-11-12-13-14(7)6-8-2-4-9(10)5-3-8/h2-5H,6,10H2,1H3. The second kappa shape index (κ2) is 3.45. The van der Waals surface area contributed by atoms with Crippen LogP contribution < -0.4 is 5.73 Å². The lowest BCUT2D eigenvalue weighted by molar-refractivity contribution is 0.633. The zero-order valence-corrected chi connectivity index (χ0v) is 7.88. The molecular formula is C9H11N5. The summed E-state index contributed by atoms with van der Waals surface area (Å²) in [5.41, 5.74) is 7.48. The highest BCUT2D eigenvalue weighted by Crippen LogP contribution is 2.06. The Bertz CT molecular complexity index is 417. The number of benzene rings is 1. The van der Waals surface area contributed by atoms with Crippen LogP contribution in [0.5, 0.6) is 0 Å². The second-order valence-electron chi connectivity index (χ2n) is 3.13. The molecule has 5 heteroatoms. The number of hydrogen-bond donors (Lipinski definition) is 1. The maximum Gasteiger partial charge on any atom is 0.148 e. The van der Waals surface area contributed by atoms with Crippen molar-refractivity contribution >= 4 is 5.69 Å². The number of anilines is 1. The summed E-state index contributed by atoms with van der Waals surface area (Å²) in [6.45, 7) is 2.55. The van der Waals surface area contributed by atoms with Crippen LogP contribution >= 0.6 is 0 Å². The second-order valence-corrected chi connectivity index (χ2v) is 3.13. The SMILES string of the molecule is Cc1nnnn1Cc1ccc(N)cc1. The molecule has 0 saturated heterocycles. The maximum absolute atomic E-state index is 5.58. The summed E-state index contributed by atoms with van der Waals surface area (Å²) in [7, 11) is 0. The first kappa shape index (κ1) is 8.68. The summed E-state index contributed by atoms with van der Waals surface area (Å²) in [5, 5.41) is 11.2. The van der Waals surface area contributed by atoms with Gasteiger partial charge in [-0.2, -0.15) is 0 Å². The molecule has 0 saturated carbocycles. The Balaban J connectivity index is 2.19. The third-order valence-electron chi connectivity index (χ3n) is 2.02. The van der Waals surface area contributed by atoms with Gasteiger partial charge in [0.2, 0.25) is 0 Å². The zero-order chi connectivity index (χ0) is 9.97. The maximum atomic E-state index is 5.58. The van der Waals surface area contributed by atoms with Gasteiger partial charge in [0.15, 0.2) is 0 Å². The Morgan fingerprint density at radius 2 is 2.00 bits per heavy atom. The van der Waals surface area contributed by atoms with E-state index in [-0.39, 0.29) is 0 Å². The molecule has 2 aromatic rings. The van der Waals surface area contributed by atoms with E-state index in [9.17, 15) is 0 Å². The molecule has 0 aliphatic rings. The van der Waals surface area contributed by atoms with Gasteiger partial charge in [-0.25, -0.2) is 4.68 Å². The third kappa shape index (κ3) is 1.71. The molecule has 0 fully saturated rings. The first-order valence-electron chi connectivity index (χ1n) is 4.33. The molecule has 14 heavy (non-hydrogen) atoms. The molecule has 72 valence electrons. The quantitative estimate of drug-likeness (QED) is 0.703. The lowest BCUT2D eigenvalue weighted by atomic mass is 10.2. The van der Waals surface area contributed by atoms with E-state index in [4.69, 9.17) is 5.73 Å². The van der Waals surface area contributed by atoms with Crippen LogP contribution in [0.25, 0.3) is 0 Å². The summed E-state index contributed by atoms with van der Waals surface area (Å²) in [6.07, 6.45) is 0. The summed E-state index contributed by atoms with van der Waals surface area (Å²) >= 11 is 0. The number of nitrogens with zero attached hydrogens (tertiary/aromatic N) is 4. The fourth-order valence-electron chi connectivity index (χ4n) is 1.19. The number of aromatic nitrogens is 4. The fraction of sp³-hybridized carbons (Fsp3) is 0.222. The largest absolute Gasteiger partial charge is 0.399 e. The normalized spacial score (nSPS) is 10.4. The monoisotopic (exact) mass is 189 g/mol. The highest BCUT2D eigenvalue weighted by atomic mass is 15.5. The van der Waals surface area contributed by atoms with Crippen molar-refractivity contribution in [1.82, 2.24) is 20.2 Å². The van der Waals surface area contributed by atoms with E-state index in [1.807, 2.05) is 31.2 Å². The van der Waals surface area contributed by atoms with Gasteiger partial charge in [0.1, 0.15) is 5.82 Å². The van der Waals surface area contributed by atoms with Crippen LogP contribution in [0.4, 0.5) is 5.69 Å². The number of aryl methyl sites for hydroxylation is 1. The van der Waals surface area contributed by atoms with E-state index in [1.165, 1.54) is 0 Å². The Morgan fingerprint density at radius 3 is 2.57 bits per heavy atom. The molecule has 0 atom stereocenters. The predicted octanol–water partition coefficient (Wildman–Crippen LogP) is 0.612. The van der Waals surface area contributed by atoms with Gasteiger partial charge in [-0.3, -0.25) is 0 Å². The van der Waals surface area contributed by atoms with Crippen molar-refractivity contribution in [2.75, 3.05) is 5.73 Å². The molecule has 2 N–H and O–H groups in total. The van der Waals surface area contributed by atoms with Crippen LogP contribution in [0.15, 0.2) is 24.3 Å². The molecule has 5 nitrogen and oxygen atoms in total. The number of rotatable bonds is 2. The molecule has 1 aromatic carbocycles. The molecular weight excluding hydrogens is 178 g/mol. The van der Waals surface area contributed by atoms with Crippen molar-refractivity contribution < 1.29 is 0 Å². The van der Waals surface area contributed by atoms with Crippen molar-refractivity contribution in [2.24, 2.45) is 0 Å². The molecule has 0 aliphatic carbocycles. The molecule has 1 aromatic heterocycles. The summed E-state index contributed by atoms with van der Waals surface area (Å²) in [6, 6.07) is 7.68. The Hall–Kier alpha value is -1.91. The van der Waals surface area contributed by atoms with Gasteiger partial charge in [-0.1, -0.05) is 12.1 Å². The van der Waals surface area contributed by atoms with Gasteiger partial charge in [-0.05, 0) is 35.0 Å². The lowest BCUT2D eigenvalue weighted by Crippen LogP contribution is -2.04. The van der Waals surface area contributed by atoms with Crippen molar-refractivity contribution in [1.29, 1.82) is 0 Å². The zero-order valence-electron chi connectivity index (χ0n) is 7.88. The molecule has 0 amide bonds. The Kier molecular flexibility index (Phi) is 2.14. The van der Waals surface area contributed by atoms with Crippen LogP contribution in [0.3, 0.4) is 0 Å². The minimum Gasteiger partial charge on any atom is -0.399 e. The van der Waals surface area contributed by atoms with Gasteiger partial charge in [0.05, 0.1) is 6.54 Å². The van der Waals surface area contributed by atoms with E-state index in [0.717, 1.165) is 17.1 Å². The first-order chi connectivity index (χ1) is 6.75.